The van der Waals surface area contributed by atoms with Crippen LogP contribution in [0.4, 0.5) is 9.18 Å². The minimum Gasteiger partial charge on any atom is -0.448 e. The number of aryl methyl sites for hydroxylation is 1. The molecule has 2 N–H and O–H groups in total. The lowest BCUT2D eigenvalue weighted by Crippen LogP contribution is -2.53. The number of ether oxygens (including phenoxy) is 2. The Morgan fingerprint density at radius 2 is 1.51 bits per heavy atom. The van der Waals surface area contributed by atoms with Crippen molar-refractivity contribution < 1.29 is 33.0 Å². The average Bonchev–Trinajstić information content (AvgIpc) is 3.72. The van der Waals surface area contributed by atoms with E-state index in [9.17, 15) is 24.0 Å². The van der Waals surface area contributed by atoms with Crippen molar-refractivity contribution in [1.82, 2.24) is 35.2 Å². The van der Waals surface area contributed by atoms with E-state index >= 15 is 4.39 Å². The van der Waals surface area contributed by atoms with E-state index in [1.165, 1.54) is 27.5 Å². The molecule has 0 radical (unpaired) electrons. The molecule has 9 rings (SSSR count). The molecule has 71 heavy (non-hydrogen) atoms. The van der Waals surface area contributed by atoms with Crippen LogP contribution in [0, 0.1) is 5.82 Å². The lowest BCUT2D eigenvalue weighted by atomic mass is 9.98. The van der Waals surface area contributed by atoms with Crippen molar-refractivity contribution in [2.45, 2.75) is 25.7 Å². The van der Waals surface area contributed by atoms with E-state index in [0.717, 1.165) is 39.8 Å². The van der Waals surface area contributed by atoms with Crippen molar-refractivity contribution in [2.75, 3.05) is 65.6 Å². The lowest BCUT2D eigenvalue weighted by molar-refractivity contribution is -0.133. The van der Waals surface area contributed by atoms with Gasteiger partial charge in [-0.05, 0) is 69.6 Å². The predicted octanol–water partition coefficient (Wildman–Crippen LogP) is 7.91. The van der Waals surface area contributed by atoms with Crippen molar-refractivity contribution in [1.29, 1.82) is 0 Å². The highest BCUT2D eigenvalue weighted by molar-refractivity contribution is 6.33. The Bertz CT molecular complexity index is 3150. The number of rotatable bonds is 16. The van der Waals surface area contributed by atoms with Crippen molar-refractivity contribution >= 4 is 46.2 Å². The number of hydrogen-bond donors (Lipinski definition) is 2. The number of aromatic amines is 1. The van der Waals surface area contributed by atoms with Crippen molar-refractivity contribution in [2.24, 2.45) is 0 Å². The van der Waals surface area contributed by atoms with Gasteiger partial charge in [-0.1, -0.05) is 116 Å². The molecule has 0 spiro atoms. The Hall–Kier alpha value is -7.75. The van der Waals surface area contributed by atoms with Crippen molar-refractivity contribution in [3.8, 4) is 22.3 Å². The average molecular weight is 977 g/mol. The molecule has 16 heteroatoms. The minimum absolute atomic E-state index is 0.00286. The number of amides is 4. The molecule has 2 aromatic heterocycles. The summed E-state index contributed by atoms with van der Waals surface area (Å²) in [5.41, 5.74) is 8.03. The highest BCUT2D eigenvalue weighted by Gasteiger charge is 2.32. The standard InChI is InChI=1S/C55H51ClFN7O7/c1-2-35-10-9-11-37(28-35)38-31-47(56)51(59-32-38)53(67)58-20-26-70-27-25-64(55(69)71-34-46-41-14-5-3-12-39(41)40-13-4-6-15-42(40)46)33-50(65)62-21-23-63(24-22-62)54(68)45-29-36(18-19-48(45)57)30-49-43-16-7-8-17-44(43)52(66)61-60-49/h3-19,28-29,31-32,46H,2,20-27,30,33-34H2,1H3,(H,58,67)(H,61,66). The van der Waals surface area contributed by atoms with Crippen LogP contribution in [0.1, 0.15) is 61.6 Å². The Morgan fingerprint density at radius 3 is 2.24 bits per heavy atom. The number of nitrogens with one attached hydrogen (secondary N) is 2. The van der Waals surface area contributed by atoms with E-state index in [1.54, 1.807) is 47.5 Å². The van der Waals surface area contributed by atoms with E-state index in [0.29, 0.717) is 22.0 Å². The van der Waals surface area contributed by atoms with Crippen LogP contribution >= 0.6 is 11.6 Å². The summed E-state index contributed by atoms with van der Waals surface area (Å²) >= 11 is 6.51. The van der Waals surface area contributed by atoms with Gasteiger partial charge in [-0.25, -0.2) is 19.3 Å². The van der Waals surface area contributed by atoms with Gasteiger partial charge < -0.3 is 24.6 Å². The molecule has 14 nitrogen and oxygen atoms in total. The number of carbonyl (C=O) groups is 4. The maximum atomic E-state index is 15.3. The summed E-state index contributed by atoms with van der Waals surface area (Å²) < 4.78 is 27.1. The smallest absolute Gasteiger partial charge is 0.410 e. The molecule has 7 aromatic rings. The summed E-state index contributed by atoms with van der Waals surface area (Å²) in [6, 6.07) is 37.1. The van der Waals surface area contributed by atoms with Crippen LogP contribution in [0.3, 0.4) is 0 Å². The van der Waals surface area contributed by atoms with Crippen molar-refractivity contribution in [3.63, 3.8) is 0 Å². The molecule has 362 valence electrons. The second-order valence-corrected chi connectivity index (χ2v) is 17.8. The normalized spacial score (nSPS) is 13.2. The van der Waals surface area contributed by atoms with E-state index in [-0.39, 0.29) is 106 Å². The minimum atomic E-state index is -0.697. The molecule has 2 aliphatic rings. The number of benzene rings is 5. The number of pyridine rings is 1. The van der Waals surface area contributed by atoms with Crippen LogP contribution in [0.2, 0.25) is 5.02 Å². The molecule has 0 bridgehead atoms. The van der Waals surface area contributed by atoms with E-state index in [4.69, 9.17) is 21.1 Å². The zero-order chi connectivity index (χ0) is 49.4. The first-order valence-corrected chi connectivity index (χ1v) is 24.0. The zero-order valence-electron chi connectivity index (χ0n) is 39.0. The van der Waals surface area contributed by atoms with Gasteiger partial charge in [-0.3, -0.25) is 24.1 Å². The molecule has 1 saturated heterocycles. The van der Waals surface area contributed by atoms with Crippen LogP contribution in [-0.4, -0.2) is 119 Å². The van der Waals surface area contributed by atoms with Crippen LogP contribution in [0.5, 0.6) is 0 Å². The van der Waals surface area contributed by atoms with Gasteiger partial charge in [0.2, 0.25) is 5.91 Å². The number of carbonyl (C=O) groups excluding carboxylic acids is 4. The largest absolute Gasteiger partial charge is 0.448 e. The molecule has 1 aliphatic heterocycles. The lowest BCUT2D eigenvalue weighted by Gasteiger charge is -2.36. The summed E-state index contributed by atoms with van der Waals surface area (Å²) in [4.78, 5) is 75.7. The first kappa shape index (κ1) is 48.3. The molecule has 1 aliphatic carbocycles. The topological polar surface area (TPSA) is 167 Å². The van der Waals surface area contributed by atoms with Gasteiger partial charge in [0.15, 0.2) is 0 Å². The van der Waals surface area contributed by atoms with Gasteiger partial charge in [-0.2, -0.15) is 5.10 Å². The third-order valence-electron chi connectivity index (χ3n) is 13.0. The van der Waals surface area contributed by atoms with Crippen LogP contribution in [0.25, 0.3) is 33.0 Å². The van der Waals surface area contributed by atoms with E-state index in [1.807, 2.05) is 66.7 Å². The molecule has 3 heterocycles. The van der Waals surface area contributed by atoms with E-state index < -0.39 is 23.7 Å². The van der Waals surface area contributed by atoms with Gasteiger partial charge in [0.25, 0.3) is 17.4 Å². The van der Waals surface area contributed by atoms with Crippen LogP contribution in [0.15, 0.2) is 132 Å². The van der Waals surface area contributed by atoms with Gasteiger partial charge in [0.1, 0.15) is 24.7 Å². The summed E-state index contributed by atoms with van der Waals surface area (Å²) in [6.07, 6.45) is 2.05. The highest BCUT2D eigenvalue weighted by Crippen LogP contribution is 2.44. The fourth-order valence-electron chi connectivity index (χ4n) is 9.19. The second kappa shape index (κ2) is 21.9. The second-order valence-electron chi connectivity index (χ2n) is 17.4. The summed E-state index contributed by atoms with van der Waals surface area (Å²) in [6.45, 7) is 2.64. The number of hydrogen-bond acceptors (Lipinski definition) is 9. The van der Waals surface area contributed by atoms with Crippen LogP contribution < -0.4 is 10.9 Å². The zero-order valence-corrected chi connectivity index (χ0v) is 39.8. The Balaban J connectivity index is 0.809. The highest BCUT2D eigenvalue weighted by atomic mass is 35.5. The monoisotopic (exact) mass is 975 g/mol. The summed E-state index contributed by atoms with van der Waals surface area (Å²) in [5, 5.41) is 10.9. The number of halogens is 2. The SMILES string of the molecule is CCc1cccc(-c2cnc(C(=O)NCCOCCN(CC(=O)N3CCN(C(=O)c4cc(Cc5n[nH]c(=O)c6ccccc56)ccc4F)CC3)C(=O)OCC3c4ccccc4-c4ccccc43)c(Cl)c2)c1. The fourth-order valence-corrected chi connectivity index (χ4v) is 9.44. The fraction of sp³-hybridized carbons (Fsp3) is 0.255. The van der Waals surface area contributed by atoms with Gasteiger partial charge in [0, 0.05) is 68.8 Å². The van der Waals surface area contributed by atoms with Gasteiger partial charge in [0.05, 0.1) is 34.9 Å². The number of piperazine rings is 1. The molecule has 1 fully saturated rings. The molecule has 0 unspecified atom stereocenters. The van der Waals surface area contributed by atoms with Crippen LogP contribution in [-0.2, 0) is 27.1 Å². The Labute approximate surface area is 414 Å². The molecule has 0 atom stereocenters. The molecular formula is C55H51ClFN7O7. The third-order valence-corrected chi connectivity index (χ3v) is 13.3. The number of H-pyrrole nitrogens is 1. The third kappa shape index (κ3) is 10.9. The first-order chi connectivity index (χ1) is 34.6. The molecule has 4 amide bonds. The summed E-state index contributed by atoms with van der Waals surface area (Å²) in [7, 11) is 0. The summed E-state index contributed by atoms with van der Waals surface area (Å²) in [5.74, 6) is -2.23. The molecule has 0 saturated carbocycles. The van der Waals surface area contributed by atoms with Gasteiger partial charge in [-0.15, -0.1) is 0 Å². The maximum absolute atomic E-state index is 15.3. The number of aromatic nitrogens is 3. The molecule has 5 aromatic carbocycles. The quantitative estimate of drug-likeness (QED) is 0.0915. The Kier molecular flexibility index (Phi) is 14.9. The van der Waals surface area contributed by atoms with Crippen molar-refractivity contribution in [3.05, 3.63) is 188 Å². The Morgan fingerprint density at radius 1 is 0.803 bits per heavy atom. The predicted molar refractivity (Wildman–Crippen MR) is 268 cm³/mol. The maximum Gasteiger partial charge on any atom is 0.410 e. The molecular weight excluding hydrogens is 925 g/mol. The van der Waals surface area contributed by atoms with Gasteiger partial charge >= 0.3 is 6.09 Å². The first-order valence-electron chi connectivity index (χ1n) is 23.6. The number of fused-ring (bicyclic) bond motifs is 4. The number of nitrogens with zero attached hydrogens (tertiary/aromatic N) is 5. The van der Waals surface area contributed by atoms with E-state index in [2.05, 4.69) is 33.5 Å².